The Labute approximate surface area is 174 Å². The van der Waals surface area contributed by atoms with E-state index in [0.29, 0.717) is 41.9 Å². The fourth-order valence-electron chi connectivity index (χ4n) is 3.05. The van der Waals surface area contributed by atoms with Gasteiger partial charge in [0.2, 0.25) is 5.95 Å². The molecule has 30 heavy (non-hydrogen) atoms. The molecule has 1 amide bonds. The zero-order valence-electron chi connectivity index (χ0n) is 17.1. The van der Waals surface area contributed by atoms with Gasteiger partial charge < -0.3 is 25.0 Å². The van der Waals surface area contributed by atoms with Crippen molar-refractivity contribution in [3.63, 3.8) is 0 Å². The first-order valence-electron chi connectivity index (χ1n) is 9.59. The predicted molar refractivity (Wildman–Crippen MR) is 116 cm³/mol. The molecule has 1 aromatic heterocycles. The molecule has 3 aromatic rings. The fourth-order valence-corrected chi connectivity index (χ4v) is 3.05. The normalized spacial score (nSPS) is 12.2. The highest BCUT2D eigenvalue weighted by atomic mass is 16.6. The highest BCUT2D eigenvalue weighted by Crippen LogP contribution is 2.34. The highest BCUT2D eigenvalue weighted by Gasteiger charge is 2.20. The number of benzene rings is 2. The van der Waals surface area contributed by atoms with Crippen LogP contribution in [0.4, 0.5) is 23.1 Å². The van der Waals surface area contributed by atoms with Crippen LogP contribution in [0.15, 0.2) is 48.5 Å². The molecule has 0 radical (unpaired) electrons. The monoisotopic (exact) mass is 405 g/mol. The second kappa shape index (κ2) is 8.28. The van der Waals surface area contributed by atoms with Crippen molar-refractivity contribution in [1.29, 1.82) is 0 Å². The summed E-state index contributed by atoms with van der Waals surface area (Å²) in [6, 6.07) is 14.6. The molecular formula is C22H23N5O3. The summed E-state index contributed by atoms with van der Waals surface area (Å²) in [5.74, 6) is 2.15. The van der Waals surface area contributed by atoms with Crippen LogP contribution in [0.25, 0.3) is 0 Å². The topological polar surface area (TPSA) is 88.6 Å². The van der Waals surface area contributed by atoms with Gasteiger partial charge in [-0.1, -0.05) is 6.07 Å². The van der Waals surface area contributed by atoms with Crippen LogP contribution in [0.1, 0.15) is 16.1 Å². The SMILES string of the molecule is Cc1cc(N(C)C)nc(Nc2ccc(NC(=O)c3cccc4c3OCCO4)cc2)n1. The van der Waals surface area contributed by atoms with E-state index in [-0.39, 0.29) is 5.91 Å². The van der Waals surface area contributed by atoms with Crippen LogP contribution in [0, 0.1) is 6.92 Å². The maximum atomic E-state index is 12.7. The largest absolute Gasteiger partial charge is 0.486 e. The van der Waals surface area contributed by atoms with Crippen LogP contribution < -0.4 is 25.0 Å². The van der Waals surface area contributed by atoms with Crippen molar-refractivity contribution >= 4 is 29.0 Å². The number of para-hydroxylation sites is 1. The zero-order chi connectivity index (χ0) is 21.1. The number of anilines is 4. The quantitative estimate of drug-likeness (QED) is 0.670. The standard InChI is InChI=1S/C22H23N5O3/c1-14-13-19(27(2)3)26-22(23-14)25-16-9-7-15(8-10-16)24-21(28)17-5-4-6-18-20(17)30-12-11-29-18/h4-10,13H,11-12H2,1-3H3,(H,24,28)(H,23,25,26). The predicted octanol–water partition coefficient (Wildman–Crippen LogP) is 3.62. The molecule has 0 spiro atoms. The lowest BCUT2D eigenvalue weighted by atomic mass is 10.1. The van der Waals surface area contributed by atoms with E-state index >= 15 is 0 Å². The lowest BCUT2D eigenvalue weighted by Crippen LogP contribution is -2.20. The van der Waals surface area contributed by atoms with Crippen LogP contribution in [-0.2, 0) is 0 Å². The molecule has 154 valence electrons. The number of carbonyl (C=O) groups excluding carboxylic acids is 1. The zero-order valence-corrected chi connectivity index (χ0v) is 17.1. The Morgan fingerprint density at radius 1 is 1.00 bits per heavy atom. The summed E-state index contributed by atoms with van der Waals surface area (Å²) in [6.07, 6.45) is 0. The first-order chi connectivity index (χ1) is 14.5. The van der Waals surface area contributed by atoms with Gasteiger partial charge >= 0.3 is 0 Å². The van der Waals surface area contributed by atoms with Gasteiger partial charge in [-0.05, 0) is 43.3 Å². The molecule has 2 N–H and O–H groups in total. The molecule has 0 atom stereocenters. The summed E-state index contributed by atoms with van der Waals surface area (Å²) >= 11 is 0. The third-order valence-corrected chi connectivity index (χ3v) is 4.51. The number of hydrogen-bond acceptors (Lipinski definition) is 7. The summed E-state index contributed by atoms with van der Waals surface area (Å²) in [5, 5.41) is 6.09. The van der Waals surface area contributed by atoms with Gasteiger partial charge in [0, 0.05) is 37.2 Å². The molecule has 1 aliphatic rings. The number of carbonyl (C=O) groups is 1. The molecule has 2 heterocycles. The molecule has 0 aliphatic carbocycles. The van der Waals surface area contributed by atoms with Crippen LogP contribution in [-0.4, -0.2) is 43.2 Å². The van der Waals surface area contributed by atoms with Crippen molar-refractivity contribution < 1.29 is 14.3 Å². The van der Waals surface area contributed by atoms with Crippen molar-refractivity contribution in [1.82, 2.24) is 9.97 Å². The van der Waals surface area contributed by atoms with Gasteiger partial charge in [0.25, 0.3) is 5.91 Å². The number of nitrogens with zero attached hydrogens (tertiary/aromatic N) is 3. The molecule has 8 nitrogen and oxygen atoms in total. The van der Waals surface area contributed by atoms with E-state index in [2.05, 4.69) is 20.6 Å². The Morgan fingerprint density at radius 3 is 2.50 bits per heavy atom. The number of aryl methyl sites for hydroxylation is 1. The number of aromatic nitrogens is 2. The second-order valence-corrected chi connectivity index (χ2v) is 7.07. The maximum Gasteiger partial charge on any atom is 0.259 e. The minimum absolute atomic E-state index is 0.254. The van der Waals surface area contributed by atoms with Gasteiger partial charge in [-0.2, -0.15) is 4.98 Å². The molecule has 1 aliphatic heterocycles. The lowest BCUT2D eigenvalue weighted by molar-refractivity contribution is 0.101. The molecule has 4 rings (SSSR count). The van der Waals surface area contributed by atoms with E-state index in [0.717, 1.165) is 17.2 Å². The van der Waals surface area contributed by atoms with Gasteiger partial charge in [0.05, 0.1) is 5.56 Å². The van der Waals surface area contributed by atoms with Crippen molar-refractivity contribution in [2.75, 3.05) is 42.8 Å². The van der Waals surface area contributed by atoms with Crippen molar-refractivity contribution in [3.05, 3.63) is 59.8 Å². The Hall–Kier alpha value is -3.81. The molecule has 0 bridgehead atoms. The molecule has 0 fully saturated rings. The molecule has 8 heteroatoms. The van der Waals surface area contributed by atoms with Crippen molar-refractivity contribution in [2.45, 2.75) is 6.92 Å². The third-order valence-electron chi connectivity index (χ3n) is 4.51. The van der Waals surface area contributed by atoms with E-state index in [1.807, 2.05) is 56.3 Å². The minimum atomic E-state index is -0.254. The molecule has 0 saturated carbocycles. The minimum Gasteiger partial charge on any atom is -0.486 e. The third kappa shape index (κ3) is 4.27. The van der Waals surface area contributed by atoms with E-state index in [4.69, 9.17) is 9.47 Å². The van der Waals surface area contributed by atoms with Crippen LogP contribution >= 0.6 is 0 Å². The smallest absolute Gasteiger partial charge is 0.259 e. The van der Waals surface area contributed by atoms with E-state index < -0.39 is 0 Å². The first-order valence-corrected chi connectivity index (χ1v) is 9.59. The summed E-state index contributed by atoms with van der Waals surface area (Å²) in [5.41, 5.74) is 2.80. The number of amides is 1. The van der Waals surface area contributed by atoms with Crippen molar-refractivity contribution in [3.8, 4) is 11.5 Å². The number of ether oxygens (including phenoxy) is 2. The van der Waals surface area contributed by atoms with Crippen LogP contribution in [0.5, 0.6) is 11.5 Å². The summed E-state index contributed by atoms with van der Waals surface area (Å²) in [4.78, 5) is 23.5. The first kappa shape index (κ1) is 19.5. The van der Waals surface area contributed by atoms with Gasteiger partial charge in [-0.25, -0.2) is 4.98 Å². The van der Waals surface area contributed by atoms with Gasteiger partial charge in [0.15, 0.2) is 11.5 Å². The Morgan fingerprint density at radius 2 is 1.73 bits per heavy atom. The second-order valence-electron chi connectivity index (χ2n) is 7.07. The van der Waals surface area contributed by atoms with Gasteiger partial charge in [-0.3, -0.25) is 4.79 Å². The van der Waals surface area contributed by atoms with Crippen LogP contribution in [0.2, 0.25) is 0 Å². The van der Waals surface area contributed by atoms with E-state index in [1.165, 1.54) is 0 Å². The van der Waals surface area contributed by atoms with Crippen LogP contribution in [0.3, 0.4) is 0 Å². The van der Waals surface area contributed by atoms with E-state index in [1.54, 1.807) is 18.2 Å². The number of fused-ring (bicyclic) bond motifs is 1. The number of rotatable bonds is 5. The van der Waals surface area contributed by atoms with E-state index in [9.17, 15) is 4.79 Å². The fraction of sp³-hybridized carbons (Fsp3) is 0.227. The molecule has 2 aromatic carbocycles. The lowest BCUT2D eigenvalue weighted by Gasteiger charge is -2.20. The maximum absolute atomic E-state index is 12.7. The average Bonchev–Trinajstić information content (AvgIpc) is 2.74. The average molecular weight is 405 g/mol. The highest BCUT2D eigenvalue weighted by molar-refractivity contribution is 6.06. The Bertz CT molecular complexity index is 1070. The summed E-state index contributed by atoms with van der Waals surface area (Å²) < 4.78 is 11.2. The number of nitrogens with one attached hydrogen (secondary N) is 2. The molecular weight excluding hydrogens is 382 g/mol. The number of hydrogen-bond donors (Lipinski definition) is 2. The van der Waals surface area contributed by atoms with Gasteiger partial charge in [0.1, 0.15) is 19.0 Å². The molecule has 0 saturated heterocycles. The Kier molecular flexibility index (Phi) is 5.38. The Balaban J connectivity index is 1.46. The van der Waals surface area contributed by atoms with Crippen molar-refractivity contribution in [2.24, 2.45) is 0 Å². The van der Waals surface area contributed by atoms with Gasteiger partial charge in [-0.15, -0.1) is 0 Å². The summed E-state index contributed by atoms with van der Waals surface area (Å²) in [6.45, 7) is 2.83. The molecule has 0 unspecified atom stereocenters. The summed E-state index contributed by atoms with van der Waals surface area (Å²) in [7, 11) is 3.87.